The topological polar surface area (TPSA) is 46.4 Å². The zero-order valence-corrected chi connectivity index (χ0v) is 15.7. The average Bonchev–Trinajstić information content (AvgIpc) is 3.07. The SMILES string of the molecule is O=C(NCc1ccc(Cl)cc1)c1nc(-c2cccc(Cl)c2)n2ccccc12. The van der Waals surface area contributed by atoms with Crippen LogP contribution in [0.4, 0.5) is 0 Å². The molecule has 2 aromatic carbocycles. The van der Waals surface area contributed by atoms with E-state index in [1.165, 1.54) is 0 Å². The lowest BCUT2D eigenvalue weighted by Gasteiger charge is -2.04. The number of hydrogen-bond acceptors (Lipinski definition) is 2. The molecule has 6 heteroatoms. The number of pyridine rings is 1. The molecule has 134 valence electrons. The highest BCUT2D eigenvalue weighted by Crippen LogP contribution is 2.25. The molecule has 2 aromatic heterocycles. The summed E-state index contributed by atoms with van der Waals surface area (Å²) in [5.41, 5.74) is 2.92. The highest BCUT2D eigenvalue weighted by Gasteiger charge is 2.18. The molecule has 4 aromatic rings. The lowest BCUT2D eigenvalue weighted by Crippen LogP contribution is -2.23. The quantitative estimate of drug-likeness (QED) is 0.513. The van der Waals surface area contributed by atoms with Crippen LogP contribution in [0, 0.1) is 0 Å². The highest BCUT2D eigenvalue weighted by atomic mass is 35.5. The van der Waals surface area contributed by atoms with Crippen LogP contribution >= 0.6 is 23.2 Å². The number of imidazole rings is 1. The van der Waals surface area contributed by atoms with Crippen molar-refractivity contribution in [2.75, 3.05) is 0 Å². The Morgan fingerprint density at radius 3 is 2.56 bits per heavy atom. The Kier molecular flexibility index (Phi) is 4.84. The molecular weight excluding hydrogens is 381 g/mol. The van der Waals surface area contributed by atoms with E-state index < -0.39 is 0 Å². The summed E-state index contributed by atoms with van der Waals surface area (Å²) in [4.78, 5) is 17.4. The summed E-state index contributed by atoms with van der Waals surface area (Å²) in [5, 5.41) is 4.20. The number of carbonyl (C=O) groups is 1. The maximum atomic E-state index is 12.8. The summed E-state index contributed by atoms with van der Waals surface area (Å²) in [6.45, 7) is 0.397. The Bertz CT molecular complexity index is 1120. The summed E-state index contributed by atoms with van der Waals surface area (Å²) < 4.78 is 1.89. The van der Waals surface area contributed by atoms with Crippen molar-refractivity contribution in [2.24, 2.45) is 0 Å². The third kappa shape index (κ3) is 3.68. The van der Waals surface area contributed by atoms with Gasteiger partial charge in [0.2, 0.25) is 0 Å². The van der Waals surface area contributed by atoms with Crippen LogP contribution in [0.15, 0.2) is 72.9 Å². The average molecular weight is 396 g/mol. The first-order chi connectivity index (χ1) is 13.1. The van der Waals surface area contributed by atoms with E-state index in [1.807, 2.05) is 59.1 Å². The van der Waals surface area contributed by atoms with Gasteiger partial charge in [-0.3, -0.25) is 9.20 Å². The second-order valence-electron chi connectivity index (χ2n) is 6.06. The molecule has 0 atom stereocenters. The molecule has 0 aliphatic rings. The molecule has 0 spiro atoms. The summed E-state index contributed by atoms with van der Waals surface area (Å²) in [7, 11) is 0. The molecule has 0 aliphatic heterocycles. The van der Waals surface area contributed by atoms with Gasteiger partial charge in [0.15, 0.2) is 5.69 Å². The van der Waals surface area contributed by atoms with Gasteiger partial charge in [0, 0.05) is 28.4 Å². The summed E-state index contributed by atoms with van der Waals surface area (Å²) in [6, 6.07) is 20.4. The number of rotatable bonds is 4. The first-order valence-electron chi connectivity index (χ1n) is 8.37. The van der Waals surface area contributed by atoms with Gasteiger partial charge in [-0.05, 0) is 42.0 Å². The van der Waals surface area contributed by atoms with Gasteiger partial charge in [-0.2, -0.15) is 0 Å². The molecule has 0 radical (unpaired) electrons. The van der Waals surface area contributed by atoms with Gasteiger partial charge in [-0.1, -0.05) is 53.5 Å². The maximum absolute atomic E-state index is 12.8. The minimum Gasteiger partial charge on any atom is -0.347 e. The maximum Gasteiger partial charge on any atom is 0.272 e. The van der Waals surface area contributed by atoms with E-state index in [9.17, 15) is 4.79 Å². The van der Waals surface area contributed by atoms with Crippen molar-refractivity contribution in [1.29, 1.82) is 0 Å². The lowest BCUT2D eigenvalue weighted by atomic mass is 10.2. The molecule has 0 bridgehead atoms. The molecule has 0 fully saturated rings. The summed E-state index contributed by atoms with van der Waals surface area (Å²) >= 11 is 12.0. The van der Waals surface area contributed by atoms with Gasteiger partial charge in [0.25, 0.3) is 5.91 Å². The van der Waals surface area contributed by atoms with Crippen molar-refractivity contribution in [3.05, 3.63) is 94.2 Å². The number of carbonyl (C=O) groups excluding carboxylic acids is 1. The zero-order valence-electron chi connectivity index (χ0n) is 14.2. The molecule has 0 saturated heterocycles. The molecule has 4 nitrogen and oxygen atoms in total. The van der Waals surface area contributed by atoms with Gasteiger partial charge in [-0.25, -0.2) is 4.98 Å². The fourth-order valence-electron chi connectivity index (χ4n) is 2.90. The van der Waals surface area contributed by atoms with Crippen molar-refractivity contribution in [3.63, 3.8) is 0 Å². The van der Waals surface area contributed by atoms with Crippen molar-refractivity contribution in [2.45, 2.75) is 6.54 Å². The van der Waals surface area contributed by atoms with E-state index in [0.29, 0.717) is 28.1 Å². The third-order valence-corrected chi connectivity index (χ3v) is 4.70. The first-order valence-corrected chi connectivity index (χ1v) is 9.13. The number of nitrogens with zero attached hydrogens (tertiary/aromatic N) is 2. The largest absolute Gasteiger partial charge is 0.347 e. The fourth-order valence-corrected chi connectivity index (χ4v) is 3.22. The predicted molar refractivity (Wildman–Crippen MR) is 108 cm³/mol. The minimum absolute atomic E-state index is 0.234. The lowest BCUT2D eigenvalue weighted by molar-refractivity contribution is 0.0948. The molecule has 0 unspecified atom stereocenters. The third-order valence-electron chi connectivity index (χ3n) is 4.21. The number of halogens is 2. The summed E-state index contributed by atoms with van der Waals surface area (Å²) in [6.07, 6.45) is 1.88. The standard InChI is InChI=1S/C21H15Cl2N3O/c22-16-9-7-14(8-10-16)13-24-21(27)19-18-6-1-2-11-26(18)20(25-19)15-4-3-5-17(23)12-15/h1-12H,13H2,(H,24,27). The Hall–Kier alpha value is -2.82. The number of fused-ring (bicyclic) bond motifs is 1. The Labute approximate surface area is 166 Å². The molecule has 0 saturated carbocycles. The van der Waals surface area contributed by atoms with E-state index in [2.05, 4.69) is 10.3 Å². The monoisotopic (exact) mass is 395 g/mol. The van der Waals surface area contributed by atoms with Crippen LogP contribution in [0.3, 0.4) is 0 Å². The molecule has 2 heterocycles. The Balaban J connectivity index is 1.67. The van der Waals surface area contributed by atoms with E-state index >= 15 is 0 Å². The minimum atomic E-state index is -0.234. The molecule has 1 N–H and O–H groups in total. The smallest absolute Gasteiger partial charge is 0.272 e. The van der Waals surface area contributed by atoms with E-state index in [1.54, 1.807) is 18.2 Å². The molecule has 27 heavy (non-hydrogen) atoms. The molecule has 4 rings (SSSR count). The molecule has 1 amide bonds. The van der Waals surface area contributed by atoms with Crippen molar-refractivity contribution in [1.82, 2.24) is 14.7 Å². The van der Waals surface area contributed by atoms with E-state index in [4.69, 9.17) is 23.2 Å². The number of hydrogen-bond donors (Lipinski definition) is 1. The van der Waals surface area contributed by atoms with Crippen LogP contribution in [-0.2, 0) is 6.54 Å². The fraction of sp³-hybridized carbons (Fsp3) is 0.0476. The van der Waals surface area contributed by atoms with Gasteiger partial charge in [0.05, 0.1) is 5.52 Å². The van der Waals surface area contributed by atoms with Crippen LogP contribution in [0.1, 0.15) is 16.1 Å². The van der Waals surface area contributed by atoms with E-state index in [-0.39, 0.29) is 5.91 Å². The van der Waals surface area contributed by atoms with Crippen molar-refractivity contribution < 1.29 is 4.79 Å². The Morgan fingerprint density at radius 2 is 1.78 bits per heavy atom. The van der Waals surface area contributed by atoms with Crippen LogP contribution in [0.25, 0.3) is 16.9 Å². The normalized spacial score (nSPS) is 10.9. The van der Waals surface area contributed by atoms with Gasteiger partial charge in [-0.15, -0.1) is 0 Å². The number of aromatic nitrogens is 2. The second-order valence-corrected chi connectivity index (χ2v) is 6.93. The Morgan fingerprint density at radius 1 is 0.963 bits per heavy atom. The van der Waals surface area contributed by atoms with Gasteiger partial charge < -0.3 is 5.32 Å². The summed E-state index contributed by atoms with van der Waals surface area (Å²) in [5.74, 6) is 0.437. The van der Waals surface area contributed by atoms with Gasteiger partial charge in [0.1, 0.15) is 5.82 Å². The predicted octanol–water partition coefficient (Wildman–Crippen LogP) is 5.24. The highest BCUT2D eigenvalue weighted by molar-refractivity contribution is 6.31. The van der Waals surface area contributed by atoms with Crippen LogP contribution in [-0.4, -0.2) is 15.3 Å². The molecular formula is C21H15Cl2N3O. The van der Waals surface area contributed by atoms with Crippen LogP contribution in [0.2, 0.25) is 10.0 Å². The van der Waals surface area contributed by atoms with Crippen LogP contribution in [0.5, 0.6) is 0 Å². The zero-order chi connectivity index (χ0) is 18.8. The van der Waals surface area contributed by atoms with Gasteiger partial charge >= 0.3 is 0 Å². The van der Waals surface area contributed by atoms with Crippen molar-refractivity contribution in [3.8, 4) is 11.4 Å². The second kappa shape index (κ2) is 7.43. The van der Waals surface area contributed by atoms with Crippen molar-refractivity contribution >= 4 is 34.6 Å². The number of amides is 1. The first kappa shape index (κ1) is 17.6. The van der Waals surface area contributed by atoms with Crippen LogP contribution < -0.4 is 5.32 Å². The number of nitrogens with one attached hydrogen (secondary N) is 1. The number of benzene rings is 2. The van der Waals surface area contributed by atoms with E-state index in [0.717, 1.165) is 16.6 Å². The molecule has 0 aliphatic carbocycles.